The van der Waals surface area contributed by atoms with E-state index in [1.165, 1.54) is 38.5 Å². The second-order valence-electron chi connectivity index (χ2n) is 6.67. The van der Waals surface area contributed by atoms with Crippen LogP contribution in [0.5, 0.6) is 0 Å². The molecule has 4 saturated carbocycles. The molecule has 0 aromatic rings. The van der Waals surface area contributed by atoms with Crippen LogP contribution in [0.1, 0.15) is 45.4 Å². The summed E-state index contributed by atoms with van der Waals surface area (Å²) >= 11 is 0. The van der Waals surface area contributed by atoms with Crippen LogP contribution >= 0.6 is 0 Å². The molecule has 4 aliphatic carbocycles. The Morgan fingerprint density at radius 1 is 1.24 bits per heavy atom. The maximum Gasteiger partial charge on any atom is 0.0971 e. The predicted molar refractivity (Wildman–Crippen MR) is 66.0 cm³/mol. The zero-order valence-corrected chi connectivity index (χ0v) is 10.5. The van der Waals surface area contributed by atoms with Gasteiger partial charge in [0.2, 0.25) is 0 Å². The molecule has 92 valence electrons. The summed E-state index contributed by atoms with van der Waals surface area (Å²) in [4.78, 5) is 0. The standard InChI is InChI=1S/C15H21NO/c1-10(17)14(9-16)8-15-5-11-2-12(6-15)4-13(3-11)7-15/h8,10-13,17H,2-7H2,1H3/b14-8+. The minimum absolute atomic E-state index is 0.261. The molecule has 0 aromatic heterocycles. The Balaban J connectivity index is 1.90. The van der Waals surface area contributed by atoms with E-state index in [-0.39, 0.29) is 5.41 Å². The number of hydrogen-bond donors (Lipinski definition) is 1. The summed E-state index contributed by atoms with van der Waals surface area (Å²) < 4.78 is 0. The van der Waals surface area contributed by atoms with Crippen molar-refractivity contribution in [2.24, 2.45) is 23.2 Å². The van der Waals surface area contributed by atoms with Crippen LogP contribution in [0.25, 0.3) is 0 Å². The molecule has 1 atom stereocenters. The van der Waals surface area contributed by atoms with E-state index < -0.39 is 6.10 Å². The zero-order chi connectivity index (χ0) is 12.0. The van der Waals surface area contributed by atoms with E-state index >= 15 is 0 Å². The Morgan fingerprint density at radius 2 is 1.71 bits per heavy atom. The second kappa shape index (κ2) is 3.85. The van der Waals surface area contributed by atoms with Crippen LogP contribution in [-0.2, 0) is 0 Å². The van der Waals surface area contributed by atoms with Crippen LogP contribution in [-0.4, -0.2) is 11.2 Å². The molecular formula is C15H21NO. The van der Waals surface area contributed by atoms with Crippen LogP contribution in [0.4, 0.5) is 0 Å². The Kier molecular flexibility index (Phi) is 2.56. The van der Waals surface area contributed by atoms with Crippen LogP contribution in [0.2, 0.25) is 0 Å². The van der Waals surface area contributed by atoms with Crippen molar-refractivity contribution in [2.75, 3.05) is 0 Å². The highest BCUT2D eigenvalue weighted by molar-refractivity contribution is 5.28. The lowest BCUT2D eigenvalue weighted by molar-refractivity contribution is -0.0245. The lowest BCUT2D eigenvalue weighted by Gasteiger charge is -2.56. The molecule has 4 bridgehead atoms. The maximum absolute atomic E-state index is 9.62. The monoisotopic (exact) mass is 231 g/mol. The SMILES string of the molecule is CC(O)/C(C#N)=C/C12CC3CC(CC(C3)C1)C2. The normalized spacial score (nSPS) is 45.7. The maximum atomic E-state index is 9.62. The summed E-state index contributed by atoms with van der Waals surface area (Å²) in [6.45, 7) is 1.70. The molecule has 0 aromatic carbocycles. The van der Waals surface area contributed by atoms with E-state index in [9.17, 15) is 5.11 Å². The van der Waals surface area contributed by atoms with E-state index in [4.69, 9.17) is 5.26 Å². The Bertz CT molecular complexity index is 353. The molecule has 1 unspecified atom stereocenters. The minimum Gasteiger partial charge on any atom is -0.388 e. The van der Waals surface area contributed by atoms with Gasteiger partial charge in [0.15, 0.2) is 0 Å². The molecule has 0 saturated heterocycles. The van der Waals surface area contributed by atoms with E-state index in [0.717, 1.165) is 17.8 Å². The number of hydrogen-bond acceptors (Lipinski definition) is 2. The zero-order valence-electron chi connectivity index (χ0n) is 10.5. The smallest absolute Gasteiger partial charge is 0.0971 e. The fourth-order valence-corrected chi connectivity index (χ4v) is 4.93. The molecule has 4 aliphatic rings. The Labute approximate surface area is 103 Å². The summed E-state index contributed by atoms with van der Waals surface area (Å²) in [5, 5.41) is 18.7. The Morgan fingerprint density at radius 3 is 2.06 bits per heavy atom. The first-order chi connectivity index (χ1) is 8.10. The topological polar surface area (TPSA) is 44.0 Å². The lowest BCUT2D eigenvalue weighted by Crippen LogP contribution is -2.45. The van der Waals surface area contributed by atoms with Crippen molar-refractivity contribution in [1.82, 2.24) is 0 Å². The predicted octanol–water partition coefficient (Wildman–Crippen LogP) is 3.03. The summed E-state index contributed by atoms with van der Waals surface area (Å²) in [5.74, 6) is 2.68. The first-order valence-corrected chi connectivity index (χ1v) is 6.91. The van der Waals surface area contributed by atoms with Crippen LogP contribution in [0.3, 0.4) is 0 Å². The van der Waals surface area contributed by atoms with E-state index in [0.29, 0.717) is 5.57 Å². The van der Waals surface area contributed by atoms with Crippen LogP contribution < -0.4 is 0 Å². The largest absolute Gasteiger partial charge is 0.388 e. The molecule has 0 aliphatic heterocycles. The first-order valence-electron chi connectivity index (χ1n) is 6.91. The van der Waals surface area contributed by atoms with Gasteiger partial charge in [0, 0.05) is 0 Å². The average molecular weight is 231 g/mol. The second-order valence-corrected chi connectivity index (χ2v) is 6.67. The number of aliphatic hydroxyl groups excluding tert-OH is 1. The number of nitriles is 1. The molecule has 0 heterocycles. The molecule has 2 heteroatoms. The van der Waals surface area contributed by atoms with Gasteiger partial charge in [0.05, 0.1) is 17.7 Å². The molecule has 0 spiro atoms. The molecule has 1 N–H and O–H groups in total. The molecule has 0 amide bonds. The van der Waals surface area contributed by atoms with E-state index in [1.807, 2.05) is 0 Å². The number of nitrogens with zero attached hydrogens (tertiary/aromatic N) is 1. The van der Waals surface area contributed by atoms with E-state index in [2.05, 4.69) is 12.1 Å². The summed E-state index contributed by atoms with van der Waals surface area (Å²) in [6, 6.07) is 2.19. The van der Waals surface area contributed by atoms with Crippen molar-refractivity contribution in [3.63, 3.8) is 0 Å². The van der Waals surface area contributed by atoms with Gasteiger partial charge in [-0.1, -0.05) is 6.08 Å². The first kappa shape index (κ1) is 11.3. The average Bonchev–Trinajstić information content (AvgIpc) is 2.23. The lowest BCUT2D eigenvalue weighted by atomic mass is 9.49. The molecule has 4 rings (SSSR count). The van der Waals surface area contributed by atoms with Crippen molar-refractivity contribution >= 4 is 0 Å². The third-order valence-electron chi connectivity index (χ3n) is 5.13. The quantitative estimate of drug-likeness (QED) is 0.742. The highest BCUT2D eigenvalue weighted by atomic mass is 16.3. The highest BCUT2D eigenvalue weighted by Crippen LogP contribution is 2.60. The number of aliphatic hydroxyl groups is 1. The van der Waals surface area contributed by atoms with Crippen molar-refractivity contribution in [2.45, 2.75) is 51.6 Å². The Hall–Kier alpha value is -0.810. The third-order valence-corrected chi connectivity index (χ3v) is 5.13. The van der Waals surface area contributed by atoms with Gasteiger partial charge >= 0.3 is 0 Å². The molecule has 17 heavy (non-hydrogen) atoms. The number of rotatable bonds is 2. The van der Waals surface area contributed by atoms with Gasteiger partial charge in [0.1, 0.15) is 0 Å². The van der Waals surface area contributed by atoms with Crippen LogP contribution in [0, 0.1) is 34.5 Å². The minimum atomic E-state index is -0.604. The van der Waals surface area contributed by atoms with E-state index in [1.54, 1.807) is 6.92 Å². The van der Waals surface area contributed by atoms with Crippen molar-refractivity contribution in [1.29, 1.82) is 5.26 Å². The van der Waals surface area contributed by atoms with Gasteiger partial charge in [-0.05, 0) is 68.6 Å². The highest BCUT2D eigenvalue weighted by Gasteiger charge is 2.49. The van der Waals surface area contributed by atoms with Gasteiger partial charge in [-0.2, -0.15) is 5.26 Å². The number of allylic oxidation sites excluding steroid dienone is 1. The van der Waals surface area contributed by atoms with Crippen molar-refractivity contribution in [3.05, 3.63) is 11.6 Å². The molecule has 2 nitrogen and oxygen atoms in total. The van der Waals surface area contributed by atoms with Gasteiger partial charge in [-0.25, -0.2) is 0 Å². The fraction of sp³-hybridized carbons (Fsp3) is 0.800. The summed E-state index contributed by atoms with van der Waals surface area (Å²) in [5.41, 5.74) is 0.850. The third kappa shape index (κ3) is 1.91. The van der Waals surface area contributed by atoms with Crippen molar-refractivity contribution in [3.8, 4) is 6.07 Å². The van der Waals surface area contributed by atoms with Crippen LogP contribution in [0.15, 0.2) is 11.6 Å². The van der Waals surface area contributed by atoms with Gasteiger partial charge < -0.3 is 5.11 Å². The van der Waals surface area contributed by atoms with Gasteiger partial charge in [-0.15, -0.1) is 0 Å². The van der Waals surface area contributed by atoms with Gasteiger partial charge in [0.25, 0.3) is 0 Å². The molecule has 4 fully saturated rings. The van der Waals surface area contributed by atoms with Crippen molar-refractivity contribution < 1.29 is 5.11 Å². The molecule has 0 radical (unpaired) electrons. The van der Waals surface area contributed by atoms with Gasteiger partial charge in [-0.3, -0.25) is 0 Å². The fourth-order valence-electron chi connectivity index (χ4n) is 4.93. The molecular weight excluding hydrogens is 210 g/mol. The summed E-state index contributed by atoms with van der Waals surface area (Å²) in [6.07, 6.45) is 9.58. The summed E-state index contributed by atoms with van der Waals surface area (Å²) in [7, 11) is 0.